The third-order valence-electron chi connectivity index (χ3n) is 4.66. The number of halogens is 2. The van der Waals surface area contributed by atoms with Crippen LogP contribution in [-0.4, -0.2) is 34.0 Å². The van der Waals surface area contributed by atoms with Crippen LogP contribution in [0.1, 0.15) is 40.8 Å². The Kier molecular flexibility index (Phi) is 4.82. The Balaban J connectivity index is 1.52. The van der Waals surface area contributed by atoms with Gasteiger partial charge in [-0.25, -0.2) is 4.39 Å². The van der Waals surface area contributed by atoms with Crippen LogP contribution in [0.2, 0.25) is 0 Å². The van der Waals surface area contributed by atoms with Gasteiger partial charge >= 0.3 is 0 Å². The molecular weight excluding hydrogens is 417 g/mol. The molecule has 1 unspecified atom stereocenters. The lowest BCUT2D eigenvalue weighted by Crippen LogP contribution is -2.39. The molecule has 3 heterocycles. The highest BCUT2D eigenvalue weighted by molar-refractivity contribution is 9.10. The minimum Gasteiger partial charge on any atom is -0.444 e. The number of nitrogens with zero attached hydrogens (tertiary/aromatic N) is 3. The lowest BCUT2D eigenvalue weighted by molar-refractivity contribution is 0.0661. The lowest BCUT2D eigenvalue weighted by Gasteiger charge is -2.30. The quantitative estimate of drug-likeness (QED) is 0.605. The highest BCUT2D eigenvalue weighted by Crippen LogP contribution is 2.29. The summed E-state index contributed by atoms with van der Waals surface area (Å²) in [5, 5.41) is 3.97. The van der Waals surface area contributed by atoms with Crippen molar-refractivity contribution in [3.63, 3.8) is 0 Å². The van der Waals surface area contributed by atoms with E-state index in [0.717, 1.165) is 18.4 Å². The van der Waals surface area contributed by atoms with Crippen LogP contribution in [-0.2, 0) is 0 Å². The lowest BCUT2D eigenvalue weighted by atomic mass is 9.97. The van der Waals surface area contributed by atoms with Crippen LogP contribution < -0.4 is 0 Å². The van der Waals surface area contributed by atoms with Crippen LogP contribution in [0.5, 0.6) is 0 Å². The zero-order valence-corrected chi connectivity index (χ0v) is 16.2. The van der Waals surface area contributed by atoms with Gasteiger partial charge in [-0.2, -0.15) is 4.98 Å². The minimum atomic E-state index is -0.353. The molecule has 1 fully saturated rings. The van der Waals surface area contributed by atoms with Crippen molar-refractivity contribution in [1.29, 1.82) is 0 Å². The summed E-state index contributed by atoms with van der Waals surface area (Å²) in [5.74, 6) is 0.591. The van der Waals surface area contributed by atoms with Crippen molar-refractivity contribution in [2.24, 2.45) is 0 Å². The molecule has 3 aromatic rings. The summed E-state index contributed by atoms with van der Waals surface area (Å²) >= 11 is 3.26. The average molecular weight is 434 g/mol. The first-order chi connectivity index (χ1) is 13.0. The molecule has 27 heavy (non-hydrogen) atoms. The second-order valence-electron chi connectivity index (χ2n) is 6.62. The third-order valence-corrected chi connectivity index (χ3v) is 5.06. The van der Waals surface area contributed by atoms with Crippen molar-refractivity contribution in [2.75, 3.05) is 13.1 Å². The molecule has 1 amide bonds. The Morgan fingerprint density at radius 3 is 2.96 bits per heavy atom. The van der Waals surface area contributed by atoms with Crippen LogP contribution in [0, 0.1) is 12.7 Å². The smallest absolute Gasteiger partial charge is 0.289 e. The molecule has 1 atom stereocenters. The number of benzene rings is 1. The molecule has 1 aliphatic rings. The summed E-state index contributed by atoms with van der Waals surface area (Å²) in [7, 11) is 0. The number of hydrogen-bond acceptors (Lipinski definition) is 5. The van der Waals surface area contributed by atoms with E-state index >= 15 is 0 Å². The van der Waals surface area contributed by atoms with E-state index in [4.69, 9.17) is 8.94 Å². The Morgan fingerprint density at radius 2 is 2.22 bits per heavy atom. The van der Waals surface area contributed by atoms with Crippen LogP contribution >= 0.6 is 15.9 Å². The number of carbonyl (C=O) groups excluding carboxylic acids is 1. The first kappa shape index (κ1) is 17.9. The predicted octanol–water partition coefficient (Wildman–Crippen LogP) is 4.56. The molecule has 0 radical (unpaired) electrons. The van der Waals surface area contributed by atoms with Gasteiger partial charge < -0.3 is 13.8 Å². The summed E-state index contributed by atoms with van der Waals surface area (Å²) in [6, 6.07) is 7.84. The first-order valence-electron chi connectivity index (χ1n) is 8.66. The first-order valence-corrected chi connectivity index (χ1v) is 9.45. The average Bonchev–Trinajstić information content (AvgIpc) is 3.28. The van der Waals surface area contributed by atoms with E-state index in [1.54, 1.807) is 23.1 Å². The van der Waals surface area contributed by atoms with Gasteiger partial charge in [0.15, 0.2) is 10.4 Å². The second-order valence-corrected chi connectivity index (χ2v) is 7.40. The maximum absolute atomic E-state index is 13.4. The monoisotopic (exact) mass is 433 g/mol. The number of piperidine rings is 1. The number of likely N-dealkylation sites (tertiary alicyclic amines) is 1. The number of aryl methyl sites for hydroxylation is 1. The summed E-state index contributed by atoms with van der Waals surface area (Å²) in [6.07, 6.45) is 1.67. The standard InChI is InChI=1S/C19H17BrFN3O3/c1-11-8-15(20)26-16(11)19(25)24-7-3-5-13(10-24)18-22-17(23-27-18)12-4-2-6-14(21)9-12/h2,4,6,8-9,13H,3,5,7,10H2,1H3. The van der Waals surface area contributed by atoms with Gasteiger partial charge in [0.25, 0.3) is 5.91 Å². The van der Waals surface area contributed by atoms with E-state index in [0.29, 0.717) is 40.8 Å². The highest BCUT2D eigenvalue weighted by atomic mass is 79.9. The molecule has 1 aliphatic heterocycles. The predicted molar refractivity (Wildman–Crippen MR) is 98.7 cm³/mol. The topological polar surface area (TPSA) is 72.4 Å². The van der Waals surface area contributed by atoms with Gasteiger partial charge in [-0.05, 0) is 53.9 Å². The zero-order chi connectivity index (χ0) is 19.0. The largest absolute Gasteiger partial charge is 0.444 e. The molecule has 4 rings (SSSR count). The van der Waals surface area contributed by atoms with Crippen LogP contribution in [0.3, 0.4) is 0 Å². The Hall–Kier alpha value is -2.48. The highest BCUT2D eigenvalue weighted by Gasteiger charge is 2.31. The van der Waals surface area contributed by atoms with Crippen molar-refractivity contribution in [3.8, 4) is 11.4 Å². The van der Waals surface area contributed by atoms with E-state index in [-0.39, 0.29) is 17.6 Å². The number of furan rings is 1. The summed E-state index contributed by atoms with van der Waals surface area (Å²) in [6.45, 7) is 2.96. The van der Waals surface area contributed by atoms with Crippen molar-refractivity contribution in [3.05, 3.63) is 58.0 Å². The normalized spacial score (nSPS) is 17.3. The van der Waals surface area contributed by atoms with E-state index in [1.807, 2.05) is 6.92 Å². The fraction of sp³-hybridized carbons (Fsp3) is 0.316. The molecule has 0 spiro atoms. The van der Waals surface area contributed by atoms with Crippen LogP contribution in [0.15, 0.2) is 43.9 Å². The van der Waals surface area contributed by atoms with Crippen molar-refractivity contribution in [1.82, 2.24) is 15.0 Å². The molecule has 2 aromatic heterocycles. The Morgan fingerprint density at radius 1 is 1.37 bits per heavy atom. The molecule has 0 saturated carbocycles. The molecular formula is C19H17BrFN3O3. The van der Waals surface area contributed by atoms with Gasteiger partial charge in [-0.15, -0.1) is 0 Å². The third kappa shape index (κ3) is 3.66. The molecule has 0 aliphatic carbocycles. The van der Waals surface area contributed by atoms with Gasteiger partial charge in [0.1, 0.15) is 5.82 Å². The van der Waals surface area contributed by atoms with E-state index in [9.17, 15) is 9.18 Å². The fourth-order valence-corrected chi connectivity index (χ4v) is 3.81. The van der Waals surface area contributed by atoms with Gasteiger partial charge in [0.2, 0.25) is 11.7 Å². The summed E-state index contributed by atoms with van der Waals surface area (Å²) < 4.78 is 24.8. The van der Waals surface area contributed by atoms with Gasteiger partial charge in [0.05, 0.1) is 5.92 Å². The number of amides is 1. The molecule has 8 heteroatoms. The molecule has 0 N–H and O–H groups in total. The maximum atomic E-state index is 13.4. The van der Waals surface area contributed by atoms with Crippen LogP contribution in [0.4, 0.5) is 4.39 Å². The molecule has 6 nitrogen and oxygen atoms in total. The fourth-order valence-electron chi connectivity index (χ4n) is 3.31. The minimum absolute atomic E-state index is 0.0591. The summed E-state index contributed by atoms with van der Waals surface area (Å²) in [4.78, 5) is 18.9. The second kappa shape index (κ2) is 7.26. The summed E-state index contributed by atoms with van der Waals surface area (Å²) in [5.41, 5.74) is 1.35. The number of aromatic nitrogens is 2. The van der Waals surface area contributed by atoms with E-state index in [2.05, 4.69) is 26.1 Å². The van der Waals surface area contributed by atoms with Gasteiger partial charge in [0, 0.05) is 24.2 Å². The maximum Gasteiger partial charge on any atom is 0.289 e. The van der Waals surface area contributed by atoms with Crippen molar-refractivity contribution in [2.45, 2.75) is 25.7 Å². The SMILES string of the molecule is Cc1cc(Br)oc1C(=O)N1CCCC(c2nc(-c3cccc(F)c3)no2)C1. The van der Waals surface area contributed by atoms with Gasteiger partial charge in [-0.1, -0.05) is 17.3 Å². The van der Waals surface area contributed by atoms with Crippen molar-refractivity contribution >= 4 is 21.8 Å². The molecule has 0 bridgehead atoms. The number of hydrogen-bond donors (Lipinski definition) is 0. The molecule has 1 saturated heterocycles. The van der Waals surface area contributed by atoms with E-state index in [1.165, 1.54) is 12.1 Å². The Labute approximate surface area is 163 Å². The molecule has 1 aromatic carbocycles. The van der Waals surface area contributed by atoms with Crippen molar-refractivity contribution < 1.29 is 18.1 Å². The van der Waals surface area contributed by atoms with Gasteiger partial charge in [-0.3, -0.25) is 4.79 Å². The zero-order valence-electron chi connectivity index (χ0n) is 14.6. The number of rotatable bonds is 3. The van der Waals surface area contributed by atoms with E-state index < -0.39 is 0 Å². The number of carbonyl (C=O) groups is 1. The van der Waals surface area contributed by atoms with Crippen LogP contribution in [0.25, 0.3) is 11.4 Å². The Bertz CT molecular complexity index is 984. The molecule has 140 valence electrons.